The van der Waals surface area contributed by atoms with Gasteiger partial charge in [-0.3, -0.25) is 0 Å². The number of anilines is 1. The van der Waals surface area contributed by atoms with Crippen LogP contribution < -0.4 is 10.5 Å². The largest absolute Gasteiger partial charge is 0.490 e. The molecule has 0 spiro atoms. The van der Waals surface area contributed by atoms with Crippen molar-refractivity contribution < 1.29 is 9.13 Å². The molecule has 0 saturated carbocycles. The molecule has 0 aromatic heterocycles. The third-order valence-corrected chi connectivity index (χ3v) is 3.01. The highest BCUT2D eigenvalue weighted by Crippen LogP contribution is 2.22. The van der Waals surface area contributed by atoms with Crippen LogP contribution in [0.25, 0.3) is 0 Å². The van der Waals surface area contributed by atoms with E-state index >= 15 is 0 Å². The van der Waals surface area contributed by atoms with E-state index in [9.17, 15) is 4.39 Å². The summed E-state index contributed by atoms with van der Waals surface area (Å²) in [6.07, 6.45) is 0.715. The van der Waals surface area contributed by atoms with Crippen LogP contribution in [0.2, 0.25) is 0 Å². The minimum atomic E-state index is -0.351. The van der Waals surface area contributed by atoms with Gasteiger partial charge in [-0.1, -0.05) is 28.1 Å². The predicted octanol–water partition coefficient (Wildman–Crippen LogP) is 3.79. The number of benzene rings is 2. The molecule has 4 heteroatoms. The fourth-order valence-corrected chi connectivity index (χ4v) is 1.89. The lowest BCUT2D eigenvalue weighted by Crippen LogP contribution is -2.02. The van der Waals surface area contributed by atoms with E-state index in [1.165, 1.54) is 6.07 Å². The molecule has 2 aromatic carbocycles. The van der Waals surface area contributed by atoms with Gasteiger partial charge in [0.15, 0.2) is 11.6 Å². The van der Waals surface area contributed by atoms with Crippen LogP contribution in [0.1, 0.15) is 5.56 Å². The van der Waals surface area contributed by atoms with Crippen molar-refractivity contribution in [3.63, 3.8) is 0 Å². The molecule has 0 unspecified atom stereocenters. The highest BCUT2D eigenvalue weighted by molar-refractivity contribution is 9.10. The van der Waals surface area contributed by atoms with Crippen molar-refractivity contribution in [3.05, 3.63) is 58.3 Å². The summed E-state index contributed by atoms with van der Waals surface area (Å²) in [5, 5.41) is 0. The van der Waals surface area contributed by atoms with Crippen molar-refractivity contribution in [1.82, 2.24) is 0 Å². The Kier molecular flexibility index (Phi) is 4.20. The number of halogens is 2. The lowest BCUT2D eigenvalue weighted by molar-refractivity contribution is 0.305. The summed E-state index contributed by atoms with van der Waals surface area (Å²) in [4.78, 5) is 0. The molecule has 2 nitrogen and oxygen atoms in total. The van der Waals surface area contributed by atoms with E-state index < -0.39 is 0 Å². The van der Waals surface area contributed by atoms with Gasteiger partial charge >= 0.3 is 0 Å². The zero-order valence-electron chi connectivity index (χ0n) is 9.70. The van der Waals surface area contributed by atoms with Gasteiger partial charge in [0.1, 0.15) is 0 Å². The highest BCUT2D eigenvalue weighted by atomic mass is 79.9. The molecule has 2 aromatic rings. The second kappa shape index (κ2) is 5.87. The Bertz CT molecular complexity index is 528. The summed E-state index contributed by atoms with van der Waals surface area (Å²) < 4.78 is 19.6. The lowest BCUT2D eigenvalue weighted by atomic mass is 10.1. The Balaban J connectivity index is 1.92. The summed E-state index contributed by atoms with van der Waals surface area (Å²) in [5.41, 5.74) is 7.44. The van der Waals surface area contributed by atoms with Gasteiger partial charge in [0.25, 0.3) is 0 Å². The van der Waals surface area contributed by atoms with Gasteiger partial charge in [0.2, 0.25) is 0 Å². The second-order valence-electron chi connectivity index (χ2n) is 3.91. The van der Waals surface area contributed by atoms with Crippen molar-refractivity contribution in [3.8, 4) is 5.75 Å². The van der Waals surface area contributed by atoms with Crippen molar-refractivity contribution >= 4 is 21.6 Å². The molecule has 0 aliphatic carbocycles. The van der Waals surface area contributed by atoms with Gasteiger partial charge in [0.05, 0.1) is 6.61 Å². The van der Waals surface area contributed by atoms with Crippen LogP contribution in [0.4, 0.5) is 10.1 Å². The minimum absolute atomic E-state index is 0.264. The number of nitrogens with two attached hydrogens (primary N) is 1. The molecular weight excluding hydrogens is 297 g/mol. The Hall–Kier alpha value is -1.55. The zero-order chi connectivity index (χ0) is 13.0. The highest BCUT2D eigenvalue weighted by Gasteiger charge is 2.03. The molecule has 0 heterocycles. The molecule has 0 amide bonds. The predicted molar refractivity (Wildman–Crippen MR) is 74.2 cm³/mol. The topological polar surface area (TPSA) is 35.2 Å². The number of rotatable bonds is 4. The summed E-state index contributed by atoms with van der Waals surface area (Å²) >= 11 is 3.28. The fraction of sp³-hybridized carbons (Fsp3) is 0.143. The van der Waals surface area contributed by atoms with Gasteiger partial charge in [-0.15, -0.1) is 0 Å². The first kappa shape index (κ1) is 12.9. The molecule has 2 rings (SSSR count). The van der Waals surface area contributed by atoms with Crippen molar-refractivity contribution in [2.75, 3.05) is 12.3 Å². The molecule has 0 saturated heterocycles. The third-order valence-electron chi connectivity index (χ3n) is 2.52. The van der Waals surface area contributed by atoms with Crippen LogP contribution in [0.3, 0.4) is 0 Å². The van der Waals surface area contributed by atoms with E-state index in [0.717, 1.165) is 15.7 Å². The number of hydrogen-bond donors (Lipinski definition) is 1. The van der Waals surface area contributed by atoms with E-state index in [2.05, 4.69) is 15.9 Å². The van der Waals surface area contributed by atoms with Crippen molar-refractivity contribution in [1.29, 1.82) is 0 Å². The number of ether oxygens (including phenoxy) is 1. The SMILES string of the molecule is Nc1ccc(CCOc2cc(Br)ccc2F)cc1. The molecule has 94 valence electrons. The summed E-state index contributed by atoms with van der Waals surface area (Å²) in [6, 6.07) is 12.2. The van der Waals surface area contributed by atoms with Crippen LogP contribution in [-0.4, -0.2) is 6.61 Å². The van der Waals surface area contributed by atoms with Crippen molar-refractivity contribution in [2.24, 2.45) is 0 Å². The average molecular weight is 310 g/mol. The van der Waals surface area contributed by atoms with Crippen LogP contribution >= 0.6 is 15.9 Å². The normalized spacial score (nSPS) is 10.3. The molecule has 0 radical (unpaired) electrons. The maximum Gasteiger partial charge on any atom is 0.165 e. The van der Waals surface area contributed by atoms with E-state index in [4.69, 9.17) is 10.5 Å². The standard InChI is InChI=1S/C14H13BrFNO/c15-11-3-6-13(16)14(9-11)18-8-7-10-1-4-12(17)5-2-10/h1-6,9H,7-8,17H2. The lowest BCUT2D eigenvalue weighted by Gasteiger charge is -2.08. The Labute approximate surface area is 114 Å². The smallest absolute Gasteiger partial charge is 0.165 e. The zero-order valence-corrected chi connectivity index (χ0v) is 11.3. The molecular formula is C14H13BrFNO. The van der Waals surface area contributed by atoms with E-state index in [1.54, 1.807) is 12.1 Å². The monoisotopic (exact) mass is 309 g/mol. The van der Waals surface area contributed by atoms with Crippen molar-refractivity contribution in [2.45, 2.75) is 6.42 Å². The Morgan fingerprint density at radius 1 is 1.11 bits per heavy atom. The quantitative estimate of drug-likeness (QED) is 0.872. The maximum atomic E-state index is 13.4. The van der Waals surface area contributed by atoms with Gasteiger partial charge in [-0.05, 0) is 35.9 Å². The molecule has 2 N–H and O–H groups in total. The first-order chi connectivity index (χ1) is 8.65. The first-order valence-corrected chi connectivity index (χ1v) is 6.37. The number of nitrogen functional groups attached to an aromatic ring is 1. The molecule has 0 aliphatic rings. The van der Waals surface area contributed by atoms with Crippen LogP contribution in [0.5, 0.6) is 5.75 Å². The van der Waals surface area contributed by atoms with Gasteiger partial charge in [0, 0.05) is 16.6 Å². The van der Waals surface area contributed by atoms with Crippen LogP contribution in [0.15, 0.2) is 46.9 Å². The Morgan fingerprint density at radius 3 is 2.56 bits per heavy atom. The fourth-order valence-electron chi connectivity index (χ4n) is 1.55. The summed E-state index contributed by atoms with van der Waals surface area (Å²) in [6.45, 7) is 0.428. The second-order valence-corrected chi connectivity index (χ2v) is 4.83. The summed E-state index contributed by atoms with van der Waals surface area (Å²) in [5.74, 6) is -0.0877. The first-order valence-electron chi connectivity index (χ1n) is 5.57. The molecule has 0 atom stereocenters. The molecule has 0 fully saturated rings. The summed E-state index contributed by atoms with van der Waals surface area (Å²) in [7, 11) is 0. The minimum Gasteiger partial charge on any atom is -0.490 e. The molecule has 0 aliphatic heterocycles. The van der Waals surface area contributed by atoms with Crippen LogP contribution in [-0.2, 0) is 6.42 Å². The average Bonchev–Trinajstić information content (AvgIpc) is 2.36. The van der Waals surface area contributed by atoms with Gasteiger partial charge in [-0.25, -0.2) is 4.39 Å². The van der Waals surface area contributed by atoms with E-state index in [1.807, 2.05) is 24.3 Å². The number of hydrogen-bond acceptors (Lipinski definition) is 2. The Morgan fingerprint density at radius 2 is 1.83 bits per heavy atom. The molecule has 18 heavy (non-hydrogen) atoms. The van der Waals surface area contributed by atoms with E-state index in [0.29, 0.717) is 13.0 Å². The maximum absolute atomic E-state index is 13.4. The van der Waals surface area contributed by atoms with Gasteiger partial charge < -0.3 is 10.5 Å². The molecule has 0 bridgehead atoms. The van der Waals surface area contributed by atoms with Crippen LogP contribution in [0, 0.1) is 5.82 Å². The third kappa shape index (κ3) is 3.47. The van der Waals surface area contributed by atoms with Gasteiger partial charge in [-0.2, -0.15) is 0 Å². The van der Waals surface area contributed by atoms with E-state index in [-0.39, 0.29) is 11.6 Å².